The number of aryl methyl sites for hydroxylation is 2. The van der Waals surface area contributed by atoms with Crippen LogP contribution in [0, 0.1) is 6.92 Å². The van der Waals surface area contributed by atoms with Crippen LogP contribution in [0.1, 0.15) is 16.8 Å². The van der Waals surface area contributed by atoms with Crippen LogP contribution < -0.4 is 4.90 Å². The zero-order valence-corrected chi connectivity index (χ0v) is 13.7. The molecule has 0 spiro atoms. The van der Waals surface area contributed by atoms with Crippen LogP contribution in [-0.4, -0.2) is 16.8 Å². The minimum Gasteiger partial charge on any atom is -0.355 e. The van der Waals surface area contributed by atoms with Crippen molar-refractivity contribution >= 4 is 33.3 Å². The number of alkyl halides is 1. The molecule has 0 aliphatic rings. The van der Waals surface area contributed by atoms with Crippen LogP contribution in [0.2, 0.25) is 5.02 Å². The third-order valence-corrected chi connectivity index (χ3v) is 3.91. The molecule has 102 valence electrons. The van der Waals surface area contributed by atoms with Gasteiger partial charge in [0.05, 0.1) is 5.69 Å². The Kier molecular flexibility index (Phi) is 4.53. The van der Waals surface area contributed by atoms with Crippen molar-refractivity contribution in [3.05, 3.63) is 46.1 Å². The molecule has 19 heavy (non-hydrogen) atoms. The third kappa shape index (κ3) is 3.12. The van der Waals surface area contributed by atoms with E-state index in [1.165, 1.54) is 11.1 Å². The van der Waals surface area contributed by atoms with Crippen molar-refractivity contribution in [1.82, 2.24) is 9.78 Å². The smallest absolute Gasteiger partial charge is 0.130 e. The van der Waals surface area contributed by atoms with Gasteiger partial charge in [-0.15, -0.1) is 0 Å². The Morgan fingerprint density at radius 2 is 2.16 bits per heavy atom. The maximum absolute atomic E-state index is 6.02. The summed E-state index contributed by atoms with van der Waals surface area (Å²) in [7, 11) is 4.05. The van der Waals surface area contributed by atoms with Crippen LogP contribution >= 0.6 is 27.5 Å². The molecular formula is C14H17BrClN3. The highest BCUT2D eigenvalue weighted by atomic mass is 79.9. The van der Waals surface area contributed by atoms with Gasteiger partial charge in [-0.1, -0.05) is 39.7 Å². The number of hydrogen-bond donors (Lipinski definition) is 0. The molecule has 2 aromatic rings. The normalized spacial score (nSPS) is 10.8. The average Bonchev–Trinajstić information content (AvgIpc) is 2.63. The van der Waals surface area contributed by atoms with E-state index in [0.717, 1.165) is 28.4 Å². The Balaban J connectivity index is 2.27. The molecule has 0 saturated heterocycles. The van der Waals surface area contributed by atoms with E-state index in [-0.39, 0.29) is 0 Å². The van der Waals surface area contributed by atoms with Crippen molar-refractivity contribution in [2.75, 3.05) is 11.9 Å². The number of anilines is 1. The highest BCUT2D eigenvalue weighted by molar-refractivity contribution is 9.08. The molecule has 5 heteroatoms. The molecule has 0 atom stereocenters. The SMILES string of the molecule is Cc1nn(C)c(N(C)Cc2cccc(Cl)c2)c1CBr. The van der Waals surface area contributed by atoms with Gasteiger partial charge in [0, 0.05) is 36.6 Å². The Morgan fingerprint density at radius 3 is 2.79 bits per heavy atom. The fourth-order valence-electron chi connectivity index (χ4n) is 2.31. The zero-order valence-electron chi connectivity index (χ0n) is 11.3. The quantitative estimate of drug-likeness (QED) is 0.785. The van der Waals surface area contributed by atoms with E-state index in [2.05, 4.69) is 39.0 Å². The predicted molar refractivity (Wildman–Crippen MR) is 84.1 cm³/mol. The summed E-state index contributed by atoms with van der Waals surface area (Å²) < 4.78 is 1.93. The van der Waals surface area contributed by atoms with Gasteiger partial charge in [0.15, 0.2) is 0 Å². The number of aromatic nitrogens is 2. The lowest BCUT2D eigenvalue weighted by molar-refractivity contribution is 0.726. The van der Waals surface area contributed by atoms with Crippen LogP contribution in [0.4, 0.5) is 5.82 Å². The van der Waals surface area contributed by atoms with Crippen LogP contribution in [0.25, 0.3) is 0 Å². The molecule has 0 saturated carbocycles. The molecule has 0 radical (unpaired) electrons. The molecule has 1 heterocycles. The van der Waals surface area contributed by atoms with Crippen molar-refractivity contribution in [2.24, 2.45) is 7.05 Å². The summed E-state index contributed by atoms with van der Waals surface area (Å²) in [6, 6.07) is 7.95. The largest absolute Gasteiger partial charge is 0.355 e. The molecule has 0 aliphatic carbocycles. The summed E-state index contributed by atoms with van der Waals surface area (Å²) in [5.41, 5.74) is 3.48. The lowest BCUT2D eigenvalue weighted by atomic mass is 10.2. The Labute approximate surface area is 127 Å². The summed E-state index contributed by atoms with van der Waals surface area (Å²) >= 11 is 9.56. The standard InChI is InChI=1S/C14H17BrClN3/c1-10-13(8-15)14(19(3)17-10)18(2)9-11-5-4-6-12(16)7-11/h4-7H,8-9H2,1-3H3. The average molecular weight is 343 g/mol. The summed E-state index contributed by atoms with van der Waals surface area (Å²) in [6.45, 7) is 2.84. The van der Waals surface area contributed by atoms with E-state index < -0.39 is 0 Å². The van der Waals surface area contributed by atoms with Gasteiger partial charge in [0.25, 0.3) is 0 Å². The van der Waals surface area contributed by atoms with Gasteiger partial charge in [-0.25, -0.2) is 0 Å². The van der Waals surface area contributed by atoms with Crippen molar-refractivity contribution in [2.45, 2.75) is 18.8 Å². The van der Waals surface area contributed by atoms with Crippen molar-refractivity contribution in [3.63, 3.8) is 0 Å². The number of rotatable bonds is 4. The molecular weight excluding hydrogens is 326 g/mol. The minimum atomic E-state index is 0.771. The second kappa shape index (κ2) is 5.97. The van der Waals surface area contributed by atoms with Crippen molar-refractivity contribution in [1.29, 1.82) is 0 Å². The minimum absolute atomic E-state index is 0.771. The first-order valence-electron chi connectivity index (χ1n) is 6.07. The Bertz CT molecular complexity index is 580. The summed E-state index contributed by atoms with van der Waals surface area (Å²) in [4.78, 5) is 2.20. The molecule has 0 amide bonds. The fraction of sp³-hybridized carbons (Fsp3) is 0.357. The highest BCUT2D eigenvalue weighted by Crippen LogP contribution is 2.26. The second-order valence-corrected chi connectivity index (χ2v) is 5.63. The van der Waals surface area contributed by atoms with E-state index in [1.807, 2.05) is 36.9 Å². The maximum Gasteiger partial charge on any atom is 0.130 e. The first-order valence-corrected chi connectivity index (χ1v) is 7.57. The van der Waals surface area contributed by atoms with Crippen molar-refractivity contribution in [3.8, 4) is 0 Å². The number of nitrogens with zero attached hydrogens (tertiary/aromatic N) is 3. The van der Waals surface area contributed by atoms with E-state index in [4.69, 9.17) is 11.6 Å². The molecule has 0 N–H and O–H groups in total. The number of hydrogen-bond acceptors (Lipinski definition) is 2. The van der Waals surface area contributed by atoms with E-state index in [1.54, 1.807) is 0 Å². The van der Waals surface area contributed by atoms with Crippen LogP contribution in [-0.2, 0) is 18.9 Å². The fourth-order valence-corrected chi connectivity index (χ4v) is 3.18. The van der Waals surface area contributed by atoms with Crippen LogP contribution in [0.3, 0.4) is 0 Å². The maximum atomic E-state index is 6.02. The van der Waals surface area contributed by atoms with Gasteiger partial charge in [0.2, 0.25) is 0 Å². The molecule has 0 fully saturated rings. The molecule has 0 unspecified atom stereocenters. The lowest BCUT2D eigenvalue weighted by Crippen LogP contribution is -2.20. The van der Waals surface area contributed by atoms with Gasteiger partial charge in [-0.3, -0.25) is 4.68 Å². The predicted octanol–water partition coefficient (Wildman–Crippen LogP) is 3.91. The van der Waals surface area contributed by atoms with E-state index >= 15 is 0 Å². The monoisotopic (exact) mass is 341 g/mol. The van der Waals surface area contributed by atoms with Crippen LogP contribution in [0.5, 0.6) is 0 Å². The van der Waals surface area contributed by atoms with Crippen LogP contribution in [0.15, 0.2) is 24.3 Å². The van der Waals surface area contributed by atoms with Gasteiger partial charge >= 0.3 is 0 Å². The van der Waals surface area contributed by atoms with Gasteiger partial charge in [0.1, 0.15) is 5.82 Å². The van der Waals surface area contributed by atoms with Crippen molar-refractivity contribution < 1.29 is 0 Å². The first-order chi connectivity index (χ1) is 9.02. The van der Waals surface area contributed by atoms with E-state index in [0.29, 0.717) is 0 Å². The zero-order chi connectivity index (χ0) is 14.0. The number of benzene rings is 1. The van der Waals surface area contributed by atoms with Gasteiger partial charge in [-0.05, 0) is 24.6 Å². The topological polar surface area (TPSA) is 21.1 Å². The second-order valence-electron chi connectivity index (χ2n) is 4.63. The van der Waals surface area contributed by atoms with Gasteiger partial charge < -0.3 is 4.90 Å². The molecule has 1 aromatic heterocycles. The number of halogens is 2. The summed E-state index contributed by atoms with van der Waals surface area (Å²) in [5.74, 6) is 1.13. The Morgan fingerprint density at radius 1 is 1.42 bits per heavy atom. The molecule has 2 rings (SSSR count). The highest BCUT2D eigenvalue weighted by Gasteiger charge is 2.16. The molecule has 0 bridgehead atoms. The van der Waals surface area contributed by atoms with E-state index in [9.17, 15) is 0 Å². The lowest BCUT2D eigenvalue weighted by Gasteiger charge is -2.21. The first kappa shape index (κ1) is 14.4. The van der Waals surface area contributed by atoms with Gasteiger partial charge in [-0.2, -0.15) is 5.10 Å². The summed E-state index contributed by atoms with van der Waals surface area (Å²) in [6.07, 6.45) is 0. The molecule has 1 aromatic carbocycles. The molecule has 0 aliphatic heterocycles. The Hall–Kier alpha value is -1.000. The third-order valence-electron chi connectivity index (χ3n) is 3.12. The molecule has 3 nitrogen and oxygen atoms in total. The summed E-state index contributed by atoms with van der Waals surface area (Å²) in [5, 5.41) is 6.06.